The zero-order chi connectivity index (χ0) is 14.1. The number of non-ortho nitro benzene ring substituents is 1. The molecule has 6 heteroatoms. The molecule has 5 nitrogen and oxygen atoms in total. The Hall–Kier alpha value is -1.17. The molecule has 0 amide bonds. The van der Waals surface area contributed by atoms with Gasteiger partial charge in [-0.2, -0.15) is 0 Å². The number of hydrogen-bond donors (Lipinski definition) is 1. The Balaban J connectivity index is 1.68. The monoisotopic (exact) mass is 295 g/mol. The maximum atomic E-state index is 10.7. The summed E-state index contributed by atoms with van der Waals surface area (Å²) in [6, 6.07) is 5.34. The van der Waals surface area contributed by atoms with Crippen LogP contribution in [0.5, 0.6) is 0 Å². The topological polar surface area (TPSA) is 58.4 Å². The number of fused-ring (bicyclic) bond motifs is 1. The van der Waals surface area contributed by atoms with Crippen molar-refractivity contribution >= 4 is 17.3 Å². The third kappa shape index (κ3) is 2.80. The van der Waals surface area contributed by atoms with E-state index in [4.69, 9.17) is 11.6 Å². The fraction of sp³-hybridized carbons (Fsp3) is 0.571. The quantitative estimate of drug-likeness (QED) is 0.687. The van der Waals surface area contributed by atoms with Crippen molar-refractivity contribution in [3.8, 4) is 0 Å². The molecule has 20 heavy (non-hydrogen) atoms. The number of nitro groups is 1. The molecule has 1 N–H and O–H groups in total. The van der Waals surface area contributed by atoms with Crippen molar-refractivity contribution < 1.29 is 4.92 Å². The van der Waals surface area contributed by atoms with Crippen LogP contribution in [0, 0.1) is 16.0 Å². The Kier molecular flexibility index (Phi) is 3.92. The summed E-state index contributed by atoms with van der Waals surface area (Å²) in [5.41, 5.74) is 1.02. The highest BCUT2D eigenvalue weighted by Gasteiger charge is 2.34. The number of nitro benzene ring substituents is 1. The minimum absolute atomic E-state index is 0.0514. The van der Waals surface area contributed by atoms with Gasteiger partial charge in [0, 0.05) is 37.8 Å². The third-order valence-electron chi connectivity index (χ3n) is 4.32. The highest BCUT2D eigenvalue weighted by Crippen LogP contribution is 2.28. The Morgan fingerprint density at radius 3 is 3.00 bits per heavy atom. The fourth-order valence-electron chi connectivity index (χ4n) is 3.28. The molecule has 108 valence electrons. The lowest BCUT2D eigenvalue weighted by Crippen LogP contribution is -2.40. The predicted molar refractivity (Wildman–Crippen MR) is 77.9 cm³/mol. The molecule has 0 unspecified atom stereocenters. The van der Waals surface area contributed by atoms with Gasteiger partial charge in [-0.05, 0) is 36.9 Å². The summed E-state index contributed by atoms with van der Waals surface area (Å²) in [5, 5.41) is 14.8. The first-order valence-electron chi connectivity index (χ1n) is 7.02. The van der Waals surface area contributed by atoms with Crippen LogP contribution in [0.1, 0.15) is 18.4 Å². The van der Waals surface area contributed by atoms with E-state index in [1.165, 1.54) is 25.0 Å². The second-order valence-corrected chi connectivity index (χ2v) is 6.10. The fourth-order valence-corrected chi connectivity index (χ4v) is 3.52. The van der Waals surface area contributed by atoms with Crippen LogP contribution < -0.4 is 5.32 Å². The van der Waals surface area contributed by atoms with Crippen molar-refractivity contribution in [2.24, 2.45) is 5.92 Å². The van der Waals surface area contributed by atoms with Crippen LogP contribution in [0.4, 0.5) is 5.69 Å². The number of rotatable bonds is 3. The number of halogens is 1. The van der Waals surface area contributed by atoms with Gasteiger partial charge in [0.1, 0.15) is 0 Å². The van der Waals surface area contributed by atoms with Gasteiger partial charge >= 0.3 is 0 Å². The van der Waals surface area contributed by atoms with Gasteiger partial charge in [0.05, 0.1) is 9.95 Å². The van der Waals surface area contributed by atoms with Crippen LogP contribution in [-0.4, -0.2) is 35.5 Å². The normalized spacial score (nSPS) is 26.4. The van der Waals surface area contributed by atoms with Crippen molar-refractivity contribution in [3.63, 3.8) is 0 Å². The van der Waals surface area contributed by atoms with Gasteiger partial charge in [0.25, 0.3) is 5.69 Å². The van der Waals surface area contributed by atoms with E-state index in [0.29, 0.717) is 11.1 Å². The molecule has 0 bridgehead atoms. The van der Waals surface area contributed by atoms with Crippen molar-refractivity contribution in [1.29, 1.82) is 0 Å². The Morgan fingerprint density at radius 2 is 2.30 bits per heavy atom. The lowest BCUT2D eigenvalue weighted by Gasteiger charge is -2.24. The van der Waals surface area contributed by atoms with E-state index in [1.807, 2.05) is 0 Å². The minimum atomic E-state index is -0.413. The third-order valence-corrected chi connectivity index (χ3v) is 4.67. The Bertz CT molecular complexity index is 509. The average Bonchev–Trinajstić information content (AvgIpc) is 2.83. The van der Waals surface area contributed by atoms with Crippen LogP contribution >= 0.6 is 11.6 Å². The summed E-state index contributed by atoms with van der Waals surface area (Å²) < 4.78 is 0. The second kappa shape index (κ2) is 5.68. The summed E-state index contributed by atoms with van der Waals surface area (Å²) in [4.78, 5) is 12.7. The molecule has 2 aliphatic heterocycles. The molecule has 3 rings (SSSR count). The largest absolute Gasteiger partial charge is 0.312 e. The first-order valence-corrected chi connectivity index (χ1v) is 7.40. The van der Waals surface area contributed by atoms with Gasteiger partial charge in [-0.1, -0.05) is 11.6 Å². The Morgan fingerprint density at radius 1 is 1.45 bits per heavy atom. The highest BCUT2D eigenvalue weighted by molar-refractivity contribution is 6.31. The number of likely N-dealkylation sites (tertiary alicyclic amines) is 1. The molecule has 2 aliphatic rings. The molecule has 0 aromatic heterocycles. The first-order chi connectivity index (χ1) is 9.63. The van der Waals surface area contributed by atoms with Crippen molar-refractivity contribution in [2.75, 3.05) is 19.6 Å². The molecule has 1 aromatic carbocycles. The van der Waals surface area contributed by atoms with Gasteiger partial charge in [-0.3, -0.25) is 15.0 Å². The summed E-state index contributed by atoms with van der Waals surface area (Å²) in [5.74, 6) is 0.737. The van der Waals surface area contributed by atoms with Crippen LogP contribution in [-0.2, 0) is 6.54 Å². The average molecular weight is 296 g/mol. The second-order valence-electron chi connectivity index (χ2n) is 5.69. The number of nitrogens with zero attached hydrogens (tertiary/aromatic N) is 2. The number of hydrogen-bond acceptors (Lipinski definition) is 4. The van der Waals surface area contributed by atoms with Gasteiger partial charge in [0.2, 0.25) is 0 Å². The van der Waals surface area contributed by atoms with Gasteiger partial charge in [-0.15, -0.1) is 0 Å². The lowest BCUT2D eigenvalue weighted by atomic mass is 9.94. The maximum Gasteiger partial charge on any atom is 0.270 e. The molecular formula is C14H18ClN3O2. The molecule has 0 aliphatic carbocycles. The minimum Gasteiger partial charge on any atom is -0.312 e. The van der Waals surface area contributed by atoms with E-state index in [1.54, 1.807) is 6.07 Å². The van der Waals surface area contributed by atoms with Crippen LogP contribution in [0.15, 0.2) is 18.2 Å². The molecule has 1 aromatic rings. The first kappa shape index (κ1) is 13.8. The summed E-state index contributed by atoms with van der Waals surface area (Å²) in [6.45, 7) is 4.02. The van der Waals surface area contributed by atoms with E-state index in [2.05, 4.69) is 10.2 Å². The molecule has 0 spiro atoms. The van der Waals surface area contributed by atoms with Crippen molar-refractivity contribution in [3.05, 3.63) is 38.9 Å². The standard InChI is InChI=1S/C14H18ClN3O2/c15-13-6-12(18(19)20)4-3-10(13)7-17-8-11-2-1-5-16-14(11)9-17/h3-4,6,11,14,16H,1-2,5,7-9H2/t11-,14+/m0/s1. The smallest absolute Gasteiger partial charge is 0.270 e. The highest BCUT2D eigenvalue weighted by atomic mass is 35.5. The van der Waals surface area contributed by atoms with E-state index in [0.717, 1.165) is 37.7 Å². The molecule has 0 radical (unpaired) electrons. The molecule has 2 atom stereocenters. The number of benzene rings is 1. The van der Waals surface area contributed by atoms with Gasteiger partial charge in [0.15, 0.2) is 0 Å². The van der Waals surface area contributed by atoms with Crippen LogP contribution in [0.25, 0.3) is 0 Å². The van der Waals surface area contributed by atoms with Crippen LogP contribution in [0.3, 0.4) is 0 Å². The van der Waals surface area contributed by atoms with Crippen LogP contribution in [0.2, 0.25) is 5.02 Å². The van der Waals surface area contributed by atoms with E-state index >= 15 is 0 Å². The van der Waals surface area contributed by atoms with E-state index < -0.39 is 4.92 Å². The van der Waals surface area contributed by atoms with Crippen molar-refractivity contribution in [2.45, 2.75) is 25.4 Å². The maximum absolute atomic E-state index is 10.7. The van der Waals surface area contributed by atoms with Crippen molar-refractivity contribution in [1.82, 2.24) is 10.2 Å². The molecule has 0 saturated carbocycles. The molecule has 2 heterocycles. The molecular weight excluding hydrogens is 278 g/mol. The van der Waals surface area contributed by atoms with Gasteiger partial charge < -0.3 is 5.32 Å². The van der Waals surface area contributed by atoms with E-state index in [9.17, 15) is 10.1 Å². The molecule has 2 saturated heterocycles. The van der Waals surface area contributed by atoms with Gasteiger partial charge in [-0.25, -0.2) is 0 Å². The number of nitrogens with one attached hydrogen (secondary N) is 1. The SMILES string of the molecule is O=[N+]([O-])c1ccc(CN2C[C@@H]3CCCN[C@@H]3C2)c(Cl)c1. The molecule has 2 fully saturated rings. The summed E-state index contributed by atoms with van der Waals surface area (Å²) in [7, 11) is 0. The summed E-state index contributed by atoms with van der Waals surface area (Å²) >= 11 is 6.16. The Labute approximate surface area is 123 Å². The summed E-state index contributed by atoms with van der Waals surface area (Å²) in [6.07, 6.45) is 2.55. The van der Waals surface area contributed by atoms with E-state index in [-0.39, 0.29) is 5.69 Å². The lowest BCUT2D eigenvalue weighted by molar-refractivity contribution is -0.384. The predicted octanol–water partition coefficient (Wildman–Crippen LogP) is 2.43. The zero-order valence-electron chi connectivity index (χ0n) is 11.2. The zero-order valence-corrected chi connectivity index (χ0v) is 12.0. The number of piperidine rings is 1.